The first-order valence-corrected chi connectivity index (χ1v) is 8.24. The molecule has 23 heavy (non-hydrogen) atoms. The Morgan fingerprint density at radius 2 is 1.96 bits per heavy atom. The van der Waals surface area contributed by atoms with Crippen LogP contribution in [0.2, 0.25) is 0 Å². The molecule has 0 saturated heterocycles. The number of rotatable bonds is 4. The number of carbonyl (C=O) groups is 1. The number of benzene rings is 1. The topological polar surface area (TPSA) is 46.9 Å². The van der Waals surface area contributed by atoms with Crippen LogP contribution in [-0.2, 0) is 0 Å². The molecule has 5 heteroatoms. The van der Waals surface area contributed by atoms with Crippen LogP contribution in [0.4, 0.5) is 4.39 Å². The van der Waals surface area contributed by atoms with Crippen molar-refractivity contribution in [2.45, 2.75) is 39.0 Å². The minimum absolute atomic E-state index is 0.0820. The highest BCUT2D eigenvalue weighted by Crippen LogP contribution is 2.23. The fourth-order valence-electron chi connectivity index (χ4n) is 3.20. The van der Waals surface area contributed by atoms with Gasteiger partial charge in [0, 0.05) is 6.54 Å². The van der Waals surface area contributed by atoms with Crippen LogP contribution in [0.3, 0.4) is 0 Å². The number of carbonyl (C=O) groups excluding carboxylic acids is 1. The van der Waals surface area contributed by atoms with Gasteiger partial charge in [-0.05, 0) is 49.9 Å². The molecule has 0 spiro atoms. The fourth-order valence-corrected chi connectivity index (χ4v) is 3.20. The van der Waals surface area contributed by atoms with Gasteiger partial charge in [0.15, 0.2) is 0 Å². The van der Waals surface area contributed by atoms with Gasteiger partial charge >= 0.3 is 0 Å². The smallest absolute Gasteiger partial charge is 0.254 e. The summed E-state index contributed by atoms with van der Waals surface area (Å²) < 4.78 is 14.7. The average Bonchev–Trinajstić information content (AvgIpc) is 2.96. The number of hydrogen-bond donors (Lipinski definition) is 1. The molecule has 0 unspecified atom stereocenters. The number of aromatic nitrogens is 2. The van der Waals surface area contributed by atoms with E-state index < -0.39 is 0 Å². The summed E-state index contributed by atoms with van der Waals surface area (Å²) in [5.41, 5.74) is 2.08. The van der Waals surface area contributed by atoms with Gasteiger partial charge in [-0.2, -0.15) is 5.10 Å². The first-order valence-electron chi connectivity index (χ1n) is 8.24. The van der Waals surface area contributed by atoms with Crippen LogP contribution in [-0.4, -0.2) is 22.2 Å². The van der Waals surface area contributed by atoms with Crippen molar-refractivity contribution in [2.24, 2.45) is 5.92 Å². The normalized spacial score (nSPS) is 15.6. The Balaban J connectivity index is 1.68. The maximum atomic E-state index is 13.0. The molecule has 0 radical (unpaired) electrons. The Morgan fingerprint density at radius 1 is 1.26 bits per heavy atom. The highest BCUT2D eigenvalue weighted by Gasteiger charge is 2.18. The zero-order valence-corrected chi connectivity index (χ0v) is 13.4. The van der Waals surface area contributed by atoms with Crippen molar-refractivity contribution in [2.75, 3.05) is 6.54 Å². The van der Waals surface area contributed by atoms with E-state index in [1.165, 1.54) is 44.2 Å². The molecule has 1 amide bonds. The fraction of sp³-hybridized carbons (Fsp3) is 0.444. The van der Waals surface area contributed by atoms with Crippen LogP contribution in [0.15, 0.2) is 30.5 Å². The summed E-state index contributed by atoms with van der Waals surface area (Å²) >= 11 is 0. The van der Waals surface area contributed by atoms with E-state index in [0.29, 0.717) is 11.5 Å². The molecule has 0 aliphatic heterocycles. The summed E-state index contributed by atoms with van der Waals surface area (Å²) in [5, 5.41) is 7.30. The second-order valence-corrected chi connectivity index (χ2v) is 6.25. The summed E-state index contributed by atoms with van der Waals surface area (Å²) in [5.74, 6) is 0.227. The second-order valence-electron chi connectivity index (χ2n) is 6.25. The van der Waals surface area contributed by atoms with Crippen LogP contribution in [0.1, 0.15) is 48.2 Å². The Labute approximate surface area is 135 Å². The van der Waals surface area contributed by atoms with E-state index in [1.807, 2.05) is 6.92 Å². The van der Waals surface area contributed by atoms with Crippen molar-refractivity contribution >= 4 is 5.91 Å². The summed E-state index contributed by atoms with van der Waals surface area (Å²) in [6.07, 6.45) is 7.83. The molecule has 1 heterocycles. The zero-order chi connectivity index (χ0) is 16.2. The number of hydrogen-bond acceptors (Lipinski definition) is 2. The maximum absolute atomic E-state index is 13.0. The van der Waals surface area contributed by atoms with Crippen LogP contribution >= 0.6 is 0 Å². The van der Waals surface area contributed by atoms with Gasteiger partial charge in [-0.1, -0.05) is 19.3 Å². The molecule has 4 nitrogen and oxygen atoms in total. The first-order chi connectivity index (χ1) is 11.1. The lowest BCUT2D eigenvalue weighted by atomic mass is 9.89. The van der Waals surface area contributed by atoms with Gasteiger partial charge in [0.2, 0.25) is 0 Å². The SMILES string of the molecule is Cc1c(C(=O)NCC2CCCCC2)cnn1-c1ccc(F)cc1. The number of nitrogens with zero attached hydrogens (tertiary/aromatic N) is 2. The van der Waals surface area contributed by atoms with Crippen LogP contribution in [0.5, 0.6) is 0 Å². The predicted molar refractivity (Wildman–Crippen MR) is 87.2 cm³/mol. The minimum Gasteiger partial charge on any atom is -0.352 e. The van der Waals surface area contributed by atoms with Gasteiger partial charge in [0.1, 0.15) is 5.82 Å². The van der Waals surface area contributed by atoms with E-state index in [2.05, 4.69) is 10.4 Å². The monoisotopic (exact) mass is 315 g/mol. The molecule has 1 aliphatic rings. The van der Waals surface area contributed by atoms with Crippen molar-refractivity contribution in [3.8, 4) is 5.69 Å². The lowest BCUT2D eigenvalue weighted by Crippen LogP contribution is -2.30. The molecule has 1 N–H and O–H groups in total. The average molecular weight is 315 g/mol. The third kappa shape index (κ3) is 3.60. The van der Waals surface area contributed by atoms with Crippen LogP contribution in [0, 0.1) is 18.7 Å². The van der Waals surface area contributed by atoms with Gasteiger partial charge in [-0.25, -0.2) is 9.07 Å². The van der Waals surface area contributed by atoms with E-state index in [9.17, 15) is 9.18 Å². The number of nitrogens with one attached hydrogen (secondary N) is 1. The maximum Gasteiger partial charge on any atom is 0.254 e. The highest BCUT2D eigenvalue weighted by molar-refractivity contribution is 5.95. The molecule has 2 aromatic rings. The summed E-state index contributed by atoms with van der Waals surface area (Å²) in [6, 6.07) is 6.08. The molecule has 1 aromatic heterocycles. The number of halogens is 1. The lowest BCUT2D eigenvalue weighted by molar-refractivity contribution is 0.0943. The van der Waals surface area contributed by atoms with Crippen molar-refractivity contribution in [3.63, 3.8) is 0 Å². The molecule has 1 saturated carbocycles. The summed E-state index contributed by atoms with van der Waals surface area (Å²) in [6.45, 7) is 2.59. The van der Waals surface area contributed by atoms with Crippen molar-refractivity contribution in [1.82, 2.24) is 15.1 Å². The van der Waals surface area contributed by atoms with Crippen molar-refractivity contribution < 1.29 is 9.18 Å². The zero-order valence-electron chi connectivity index (χ0n) is 13.4. The van der Waals surface area contributed by atoms with Crippen molar-refractivity contribution in [1.29, 1.82) is 0 Å². The largest absolute Gasteiger partial charge is 0.352 e. The van der Waals surface area contributed by atoms with Gasteiger partial charge in [-0.15, -0.1) is 0 Å². The Bertz CT molecular complexity index is 672. The van der Waals surface area contributed by atoms with E-state index in [4.69, 9.17) is 0 Å². The van der Waals surface area contributed by atoms with Crippen molar-refractivity contribution in [3.05, 3.63) is 47.5 Å². The molecular weight excluding hydrogens is 293 g/mol. The van der Waals surface area contributed by atoms with Crippen LogP contribution in [0.25, 0.3) is 5.69 Å². The molecule has 1 fully saturated rings. The molecule has 1 aliphatic carbocycles. The van der Waals surface area contributed by atoms with Gasteiger partial charge in [0.25, 0.3) is 5.91 Å². The highest BCUT2D eigenvalue weighted by atomic mass is 19.1. The quantitative estimate of drug-likeness (QED) is 0.936. The van der Waals surface area contributed by atoms with E-state index in [-0.39, 0.29) is 11.7 Å². The van der Waals surface area contributed by atoms with E-state index in [1.54, 1.807) is 23.0 Å². The van der Waals surface area contributed by atoms with Gasteiger partial charge in [-0.3, -0.25) is 4.79 Å². The molecule has 0 atom stereocenters. The Hall–Kier alpha value is -2.17. The summed E-state index contributed by atoms with van der Waals surface area (Å²) in [7, 11) is 0. The third-order valence-corrected chi connectivity index (χ3v) is 4.60. The minimum atomic E-state index is -0.288. The molecule has 1 aromatic carbocycles. The molecular formula is C18H22FN3O. The standard InChI is InChI=1S/C18H22FN3O/c1-13-17(18(23)20-11-14-5-3-2-4-6-14)12-21-22(13)16-9-7-15(19)8-10-16/h7-10,12,14H,2-6,11H2,1H3,(H,20,23). The van der Waals surface area contributed by atoms with E-state index >= 15 is 0 Å². The van der Waals surface area contributed by atoms with E-state index in [0.717, 1.165) is 17.9 Å². The molecule has 122 valence electrons. The third-order valence-electron chi connectivity index (χ3n) is 4.60. The first kappa shape index (κ1) is 15.7. The lowest BCUT2D eigenvalue weighted by Gasteiger charge is -2.21. The summed E-state index contributed by atoms with van der Waals surface area (Å²) in [4.78, 5) is 12.4. The number of amides is 1. The van der Waals surface area contributed by atoms with Crippen LogP contribution < -0.4 is 5.32 Å². The molecule has 3 rings (SSSR count). The van der Waals surface area contributed by atoms with Gasteiger partial charge in [0.05, 0.1) is 23.1 Å². The Kier molecular flexibility index (Phi) is 4.74. The van der Waals surface area contributed by atoms with Gasteiger partial charge < -0.3 is 5.32 Å². The second kappa shape index (κ2) is 6.94. The predicted octanol–water partition coefficient (Wildman–Crippen LogP) is 3.63. The Morgan fingerprint density at radius 3 is 2.65 bits per heavy atom. The molecule has 0 bridgehead atoms.